The molecule has 1 heterocycles. The van der Waals surface area contributed by atoms with Crippen LogP contribution >= 0.6 is 0 Å². The Morgan fingerprint density at radius 1 is 1.14 bits per heavy atom. The fraction of sp³-hybridized carbons (Fsp3) is 0.500. The number of aromatic nitrogens is 2. The number of benzene rings is 1. The van der Waals surface area contributed by atoms with Gasteiger partial charge in [0.15, 0.2) is 0 Å². The molecule has 0 radical (unpaired) electrons. The predicted molar refractivity (Wildman–Crippen MR) is 88.5 cm³/mol. The number of aryl methyl sites for hydroxylation is 4. The second-order valence-electron chi connectivity index (χ2n) is 5.70. The quantitative estimate of drug-likeness (QED) is 0.806. The molecule has 1 aromatic heterocycles. The van der Waals surface area contributed by atoms with E-state index in [4.69, 9.17) is 0 Å². The molecule has 0 bridgehead atoms. The average Bonchev–Trinajstić information content (AvgIpc) is 2.89. The van der Waals surface area contributed by atoms with Gasteiger partial charge in [-0.15, -0.1) is 0 Å². The summed E-state index contributed by atoms with van der Waals surface area (Å²) in [4.78, 5) is 0. The number of nitrogens with one attached hydrogen (secondary N) is 1. The van der Waals surface area contributed by atoms with Gasteiger partial charge in [0.05, 0.1) is 0 Å². The number of rotatable bonds is 8. The molecule has 1 aromatic carbocycles. The fourth-order valence-corrected chi connectivity index (χ4v) is 2.83. The Balaban J connectivity index is 1.87. The molecule has 3 nitrogen and oxygen atoms in total. The first-order chi connectivity index (χ1) is 10.2. The van der Waals surface area contributed by atoms with Crippen molar-refractivity contribution in [3.8, 4) is 0 Å². The minimum atomic E-state index is 0.574. The van der Waals surface area contributed by atoms with Crippen molar-refractivity contribution in [2.45, 2.75) is 45.6 Å². The van der Waals surface area contributed by atoms with Crippen molar-refractivity contribution >= 4 is 0 Å². The highest BCUT2D eigenvalue weighted by Gasteiger charge is 2.10. The van der Waals surface area contributed by atoms with Gasteiger partial charge in [0, 0.05) is 25.0 Å². The molecule has 114 valence electrons. The lowest BCUT2D eigenvalue weighted by atomic mass is 9.98. The Bertz CT molecular complexity index is 545. The summed E-state index contributed by atoms with van der Waals surface area (Å²) in [6.07, 6.45) is 6.47. The third kappa shape index (κ3) is 4.71. The highest BCUT2D eigenvalue weighted by atomic mass is 15.2. The second kappa shape index (κ2) is 7.99. The van der Waals surface area contributed by atoms with Crippen molar-refractivity contribution in [1.29, 1.82) is 0 Å². The Hall–Kier alpha value is -1.61. The van der Waals surface area contributed by atoms with Crippen LogP contribution in [0.5, 0.6) is 0 Å². The molecule has 21 heavy (non-hydrogen) atoms. The predicted octanol–water partition coefficient (Wildman–Crippen LogP) is 3.27. The smallest absolute Gasteiger partial charge is 0.0492 e. The van der Waals surface area contributed by atoms with Crippen LogP contribution in [-0.2, 0) is 19.9 Å². The summed E-state index contributed by atoms with van der Waals surface area (Å²) >= 11 is 0. The first-order valence-electron chi connectivity index (χ1n) is 7.95. The van der Waals surface area contributed by atoms with Crippen LogP contribution in [0.25, 0.3) is 0 Å². The molecule has 0 amide bonds. The molecule has 0 spiro atoms. The standard InChI is InChI=1S/C18H27N3/c1-4-19-17(11-12-18-13-14-20-21(18)3)10-9-16-8-6-5-7-15(16)2/h5-8,13-14,17,19H,4,9-12H2,1-3H3. The van der Waals surface area contributed by atoms with Gasteiger partial charge in [-0.1, -0.05) is 31.2 Å². The SMILES string of the molecule is CCNC(CCc1ccccc1C)CCc1ccnn1C. The molecule has 1 unspecified atom stereocenters. The number of nitrogens with zero attached hydrogens (tertiary/aromatic N) is 2. The van der Waals surface area contributed by atoms with Crippen molar-refractivity contribution in [2.75, 3.05) is 6.54 Å². The van der Waals surface area contributed by atoms with Gasteiger partial charge < -0.3 is 5.32 Å². The molecule has 0 aliphatic carbocycles. The van der Waals surface area contributed by atoms with E-state index < -0.39 is 0 Å². The van der Waals surface area contributed by atoms with E-state index in [2.05, 4.69) is 54.6 Å². The van der Waals surface area contributed by atoms with Crippen LogP contribution in [0, 0.1) is 6.92 Å². The van der Waals surface area contributed by atoms with E-state index in [1.807, 2.05) is 17.9 Å². The molecular weight excluding hydrogens is 258 g/mol. The van der Waals surface area contributed by atoms with Gasteiger partial charge >= 0.3 is 0 Å². The monoisotopic (exact) mass is 285 g/mol. The summed E-state index contributed by atoms with van der Waals surface area (Å²) in [5, 5.41) is 7.87. The van der Waals surface area contributed by atoms with Crippen molar-refractivity contribution in [3.63, 3.8) is 0 Å². The third-order valence-corrected chi connectivity index (χ3v) is 4.19. The van der Waals surface area contributed by atoms with Gasteiger partial charge in [0.2, 0.25) is 0 Å². The van der Waals surface area contributed by atoms with Crippen LogP contribution in [0.3, 0.4) is 0 Å². The molecular formula is C18H27N3. The van der Waals surface area contributed by atoms with Crippen molar-refractivity contribution in [1.82, 2.24) is 15.1 Å². The summed E-state index contributed by atoms with van der Waals surface area (Å²) in [6, 6.07) is 11.4. The van der Waals surface area contributed by atoms with Crippen LogP contribution in [0.1, 0.15) is 36.6 Å². The molecule has 0 aliphatic rings. The molecule has 3 heteroatoms. The summed E-state index contributed by atoms with van der Waals surface area (Å²) in [5.41, 5.74) is 4.19. The van der Waals surface area contributed by atoms with Gasteiger partial charge in [0.1, 0.15) is 0 Å². The Labute approximate surface area is 128 Å². The normalized spacial score (nSPS) is 12.5. The number of hydrogen-bond donors (Lipinski definition) is 1. The van der Waals surface area contributed by atoms with Crippen molar-refractivity contribution in [3.05, 3.63) is 53.3 Å². The van der Waals surface area contributed by atoms with E-state index in [9.17, 15) is 0 Å². The summed E-state index contributed by atoms with van der Waals surface area (Å²) in [7, 11) is 2.02. The summed E-state index contributed by atoms with van der Waals surface area (Å²) in [6.45, 7) is 5.42. The van der Waals surface area contributed by atoms with E-state index in [0.717, 1.165) is 19.4 Å². The lowest BCUT2D eigenvalue weighted by Gasteiger charge is -2.18. The molecule has 1 atom stereocenters. The van der Waals surface area contributed by atoms with Crippen LogP contribution in [0.15, 0.2) is 36.5 Å². The molecule has 2 rings (SSSR count). The number of hydrogen-bond acceptors (Lipinski definition) is 2. The van der Waals surface area contributed by atoms with E-state index in [1.54, 1.807) is 0 Å². The van der Waals surface area contributed by atoms with Crippen molar-refractivity contribution in [2.24, 2.45) is 7.05 Å². The second-order valence-corrected chi connectivity index (χ2v) is 5.70. The topological polar surface area (TPSA) is 29.9 Å². The first kappa shape index (κ1) is 15.8. The maximum absolute atomic E-state index is 4.24. The van der Waals surface area contributed by atoms with Crippen LogP contribution in [0.4, 0.5) is 0 Å². The summed E-state index contributed by atoms with van der Waals surface area (Å²) in [5.74, 6) is 0. The minimum Gasteiger partial charge on any atom is -0.314 e. The highest BCUT2D eigenvalue weighted by molar-refractivity contribution is 5.25. The van der Waals surface area contributed by atoms with E-state index in [-0.39, 0.29) is 0 Å². The zero-order valence-corrected chi connectivity index (χ0v) is 13.5. The van der Waals surface area contributed by atoms with Gasteiger partial charge in [-0.25, -0.2) is 0 Å². The average molecular weight is 285 g/mol. The first-order valence-corrected chi connectivity index (χ1v) is 7.95. The third-order valence-electron chi connectivity index (χ3n) is 4.19. The molecule has 0 fully saturated rings. The molecule has 0 saturated carbocycles. The zero-order chi connectivity index (χ0) is 15.1. The lowest BCUT2D eigenvalue weighted by molar-refractivity contribution is 0.458. The Morgan fingerprint density at radius 3 is 2.57 bits per heavy atom. The molecule has 1 N–H and O–H groups in total. The molecule has 0 saturated heterocycles. The van der Waals surface area contributed by atoms with Gasteiger partial charge in [-0.2, -0.15) is 5.10 Å². The molecule has 2 aromatic rings. The van der Waals surface area contributed by atoms with Crippen molar-refractivity contribution < 1.29 is 0 Å². The maximum atomic E-state index is 4.24. The van der Waals surface area contributed by atoms with E-state index in [1.165, 1.54) is 29.7 Å². The largest absolute Gasteiger partial charge is 0.314 e. The Morgan fingerprint density at radius 2 is 1.90 bits per heavy atom. The lowest BCUT2D eigenvalue weighted by Crippen LogP contribution is -2.30. The maximum Gasteiger partial charge on any atom is 0.0492 e. The van der Waals surface area contributed by atoms with E-state index >= 15 is 0 Å². The van der Waals surface area contributed by atoms with Gasteiger partial charge in [0.25, 0.3) is 0 Å². The summed E-state index contributed by atoms with van der Waals surface area (Å²) < 4.78 is 1.98. The zero-order valence-electron chi connectivity index (χ0n) is 13.5. The van der Waals surface area contributed by atoms with Crippen LogP contribution in [-0.4, -0.2) is 22.4 Å². The highest BCUT2D eigenvalue weighted by Crippen LogP contribution is 2.13. The fourth-order valence-electron chi connectivity index (χ4n) is 2.83. The Kier molecular flexibility index (Phi) is 6.00. The van der Waals surface area contributed by atoms with Crippen LogP contribution in [0.2, 0.25) is 0 Å². The van der Waals surface area contributed by atoms with Gasteiger partial charge in [-0.3, -0.25) is 4.68 Å². The van der Waals surface area contributed by atoms with Crippen LogP contribution < -0.4 is 5.32 Å². The minimum absolute atomic E-state index is 0.574. The van der Waals surface area contributed by atoms with Gasteiger partial charge in [-0.05, 0) is 56.3 Å². The molecule has 0 aliphatic heterocycles. The van der Waals surface area contributed by atoms with E-state index in [0.29, 0.717) is 6.04 Å².